The molecule has 0 aliphatic carbocycles. The second-order valence-electron chi connectivity index (χ2n) is 8.50. The molecule has 0 unspecified atom stereocenters. The average molecular weight is 474 g/mol. The summed E-state index contributed by atoms with van der Waals surface area (Å²) in [5.74, 6) is 0.399. The molecule has 2 saturated heterocycles. The van der Waals surface area contributed by atoms with Gasteiger partial charge < -0.3 is 15.5 Å². The number of hydrogen-bond donors (Lipinski definition) is 2. The summed E-state index contributed by atoms with van der Waals surface area (Å²) in [5, 5.41) is 15.5. The highest BCUT2D eigenvalue weighted by atomic mass is 19.1. The Bertz CT molecular complexity index is 1260. The molecule has 0 saturated carbocycles. The molecule has 10 nitrogen and oxygen atoms in total. The molecule has 2 fully saturated rings. The summed E-state index contributed by atoms with van der Waals surface area (Å²) in [6.45, 7) is 3.27. The number of amides is 1. The maximum absolute atomic E-state index is 13.6. The summed E-state index contributed by atoms with van der Waals surface area (Å²) in [6.07, 6.45) is 2.89. The number of aromatic nitrogens is 4. The van der Waals surface area contributed by atoms with E-state index in [1.807, 2.05) is 21.9 Å². The van der Waals surface area contributed by atoms with Crippen molar-refractivity contribution < 1.29 is 9.18 Å². The molecule has 0 radical (unpaired) electrons. The molecule has 3 aromatic rings. The minimum Gasteiger partial charge on any atom is -0.366 e. The Morgan fingerprint density at radius 3 is 2.77 bits per heavy atom. The zero-order chi connectivity index (χ0) is 24.2. The summed E-state index contributed by atoms with van der Waals surface area (Å²) in [6, 6.07) is 11.2. The van der Waals surface area contributed by atoms with Crippen molar-refractivity contribution in [2.45, 2.75) is 19.1 Å². The summed E-state index contributed by atoms with van der Waals surface area (Å²) < 4.78 is 13.6. The zero-order valence-electron chi connectivity index (χ0n) is 19.0. The Kier molecular flexibility index (Phi) is 6.45. The minimum atomic E-state index is -0.883. The number of carbonyl (C=O) groups excluding carboxylic acids is 1. The van der Waals surface area contributed by atoms with Gasteiger partial charge in [-0.3, -0.25) is 14.7 Å². The number of hydrogen-bond acceptors (Lipinski definition) is 9. The zero-order valence-corrected chi connectivity index (χ0v) is 19.0. The molecule has 1 atom stereocenters. The summed E-state index contributed by atoms with van der Waals surface area (Å²) in [4.78, 5) is 33.2. The predicted molar refractivity (Wildman–Crippen MR) is 128 cm³/mol. The second-order valence-corrected chi connectivity index (χ2v) is 8.50. The average Bonchev–Trinajstić information content (AvgIpc) is 3.31. The molecule has 2 N–H and O–H groups in total. The van der Waals surface area contributed by atoms with Crippen LogP contribution >= 0.6 is 0 Å². The van der Waals surface area contributed by atoms with E-state index in [0.29, 0.717) is 55.6 Å². The molecule has 35 heavy (non-hydrogen) atoms. The van der Waals surface area contributed by atoms with E-state index in [2.05, 4.69) is 36.6 Å². The van der Waals surface area contributed by atoms with Crippen LogP contribution in [0.25, 0.3) is 11.4 Å². The molecular weight excluding hydrogens is 449 g/mol. The van der Waals surface area contributed by atoms with E-state index in [1.165, 1.54) is 0 Å². The van der Waals surface area contributed by atoms with Crippen LogP contribution < -0.4 is 15.5 Å². The molecular formula is C24H24FN9O. The van der Waals surface area contributed by atoms with Crippen LogP contribution in [0.15, 0.2) is 42.7 Å². The lowest BCUT2D eigenvalue weighted by atomic mass is 10.2. The number of alkyl halides is 1. The number of carbonyl (C=O) groups is 1. The van der Waals surface area contributed by atoms with Crippen molar-refractivity contribution in [2.75, 3.05) is 42.9 Å². The van der Waals surface area contributed by atoms with Crippen molar-refractivity contribution in [3.63, 3.8) is 0 Å². The fourth-order valence-corrected chi connectivity index (χ4v) is 4.21. The van der Waals surface area contributed by atoms with Crippen LogP contribution in [0.5, 0.6) is 0 Å². The Morgan fingerprint density at radius 1 is 1.14 bits per heavy atom. The number of piperazine rings is 1. The highest BCUT2D eigenvalue weighted by molar-refractivity contribution is 5.78. The van der Waals surface area contributed by atoms with Gasteiger partial charge in [0.05, 0.1) is 41.2 Å². The first kappa shape index (κ1) is 22.6. The van der Waals surface area contributed by atoms with Crippen LogP contribution in [0.4, 0.5) is 21.7 Å². The number of nitrogens with one attached hydrogen (secondary N) is 2. The van der Waals surface area contributed by atoms with E-state index in [1.54, 1.807) is 30.6 Å². The molecule has 0 aromatic carbocycles. The van der Waals surface area contributed by atoms with Crippen LogP contribution in [0, 0.1) is 11.3 Å². The smallest absolute Gasteiger partial charge is 0.234 e. The molecule has 178 valence electrons. The highest BCUT2D eigenvalue weighted by Crippen LogP contribution is 2.27. The van der Waals surface area contributed by atoms with Gasteiger partial charge in [-0.1, -0.05) is 0 Å². The lowest BCUT2D eigenvalue weighted by molar-refractivity contribution is -0.124. The van der Waals surface area contributed by atoms with Gasteiger partial charge in [0.2, 0.25) is 11.9 Å². The van der Waals surface area contributed by atoms with E-state index < -0.39 is 6.17 Å². The number of nitrogens with zero attached hydrogens (tertiary/aromatic N) is 7. The van der Waals surface area contributed by atoms with Gasteiger partial charge in [0.1, 0.15) is 12.2 Å². The lowest BCUT2D eigenvalue weighted by Crippen LogP contribution is -2.47. The first-order chi connectivity index (χ1) is 17.1. The molecule has 5 heterocycles. The van der Waals surface area contributed by atoms with Gasteiger partial charge in [-0.2, -0.15) is 5.26 Å². The SMILES string of the molecule is N#Cc1nc(-c2ccnc(Nc3ccc(CN4CCNC(=O)C4)nc3)n2)ccc1N1CC[C@H](F)C1. The topological polar surface area (TPSA) is 123 Å². The van der Waals surface area contributed by atoms with Gasteiger partial charge in [0.25, 0.3) is 0 Å². The fourth-order valence-electron chi connectivity index (χ4n) is 4.21. The first-order valence-electron chi connectivity index (χ1n) is 11.4. The monoisotopic (exact) mass is 473 g/mol. The van der Waals surface area contributed by atoms with Crippen molar-refractivity contribution in [1.29, 1.82) is 5.26 Å². The highest BCUT2D eigenvalue weighted by Gasteiger charge is 2.24. The fraction of sp³-hybridized carbons (Fsp3) is 0.333. The van der Waals surface area contributed by atoms with E-state index in [-0.39, 0.29) is 18.1 Å². The maximum Gasteiger partial charge on any atom is 0.234 e. The Morgan fingerprint density at radius 2 is 2.03 bits per heavy atom. The molecule has 2 aliphatic rings. The summed E-state index contributed by atoms with van der Waals surface area (Å²) in [5.41, 5.74) is 3.56. The Hall–Kier alpha value is -4.17. The standard InChI is InChI=1S/C24H24FN9O/c25-16-6-9-34(13-16)22-4-3-19(31-21(22)11-26)20-5-7-28-24(32-20)30-17-1-2-18(29-12-17)14-33-10-8-27-23(35)15-33/h1-5,7,12,16H,6,8-10,13-15H2,(H,27,35)(H,28,30,32)/t16-/m0/s1. The van der Waals surface area contributed by atoms with Crippen molar-refractivity contribution in [3.8, 4) is 17.5 Å². The third-order valence-electron chi connectivity index (χ3n) is 5.95. The number of pyridine rings is 2. The third kappa shape index (κ3) is 5.33. The molecule has 2 aliphatic heterocycles. The van der Waals surface area contributed by atoms with Gasteiger partial charge in [-0.05, 0) is 36.8 Å². The van der Waals surface area contributed by atoms with Crippen LogP contribution in [-0.2, 0) is 11.3 Å². The molecule has 3 aromatic heterocycles. The number of anilines is 3. The van der Waals surface area contributed by atoms with Crippen molar-refractivity contribution in [3.05, 3.63) is 54.1 Å². The van der Waals surface area contributed by atoms with Gasteiger partial charge in [-0.25, -0.2) is 19.3 Å². The van der Waals surface area contributed by atoms with Crippen molar-refractivity contribution in [2.24, 2.45) is 0 Å². The van der Waals surface area contributed by atoms with Crippen LogP contribution in [0.2, 0.25) is 0 Å². The minimum absolute atomic E-state index is 0.0297. The predicted octanol–water partition coefficient (Wildman–Crippen LogP) is 2.03. The number of rotatable bonds is 6. The Labute approximate surface area is 201 Å². The maximum atomic E-state index is 13.6. The van der Waals surface area contributed by atoms with Crippen molar-refractivity contribution in [1.82, 2.24) is 30.2 Å². The molecule has 0 spiro atoms. The lowest BCUT2D eigenvalue weighted by Gasteiger charge is -2.25. The molecule has 0 bridgehead atoms. The van der Waals surface area contributed by atoms with Crippen LogP contribution in [0.1, 0.15) is 17.8 Å². The largest absolute Gasteiger partial charge is 0.366 e. The van der Waals surface area contributed by atoms with E-state index in [9.17, 15) is 14.4 Å². The number of halogens is 1. The quantitative estimate of drug-likeness (QED) is 0.553. The van der Waals surface area contributed by atoms with Crippen LogP contribution in [-0.4, -0.2) is 69.6 Å². The first-order valence-corrected chi connectivity index (χ1v) is 11.4. The van der Waals surface area contributed by atoms with Gasteiger partial charge in [-0.15, -0.1) is 0 Å². The molecule has 5 rings (SSSR count). The Balaban J connectivity index is 1.28. The second kappa shape index (κ2) is 9.99. The van der Waals surface area contributed by atoms with Crippen molar-refractivity contribution >= 4 is 23.2 Å². The number of nitriles is 1. The van der Waals surface area contributed by atoms with Gasteiger partial charge >= 0.3 is 0 Å². The normalized spacial score (nSPS) is 18.2. The molecule has 1 amide bonds. The third-order valence-corrected chi connectivity index (χ3v) is 5.95. The molecule has 11 heteroatoms. The summed E-state index contributed by atoms with van der Waals surface area (Å²) >= 11 is 0. The van der Waals surface area contributed by atoms with Gasteiger partial charge in [0.15, 0.2) is 5.69 Å². The summed E-state index contributed by atoms with van der Waals surface area (Å²) in [7, 11) is 0. The van der Waals surface area contributed by atoms with Gasteiger partial charge in [0, 0.05) is 38.9 Å². The van der Waals surface area contributed by atoms with E-state index in [4.69, 9.17) is 0 Å². The van der Waals surface area contributed by atoms with E-state index in [0.717, 1.165) is 17.9 Å². The van der Waals surface area contributed by atoms with Crippen LogP contribution in [0.3, 0.4) is 0 Å². The van der Waals surface area contributed by atoms with E-state index >= 15 is 0 Å².